The van der Waals surface area contributed by atoms with Crippen molar-refractivity contribution < 1.29 is 0 Å². The summed E-state index contributed by atoms with van der Waals surface area (Å²) in [5, 5.41) is 10.9. The summed E-state index contributed by atoms with van der Waals surface area (Å²) < 4.78 is 2.40. The van der Waals surface area contributed by atoms with E-state index in [1.54, 1.807) is 0 Å². The number of fused-ring (bicyclic) bond motifs is 8. The molecule has 0 amide bonds. The van der Waals surface area contributed by atoms with Crippen LogP contribution in [0.15, 0.2) is 206 Å². The number of imidazole rings is 1. The van der Waals surface area contributed by atoms with Crippen molar-refractivity contribution in [3.8, 4) is 11.1 Å². The monoisotopic (exact) mass is 824 g/mol. The zero-order valence-corrected chi connectivity index (χ0v) is 34.1. The molecule has 6 heteroatoms. The molecule has 0 fully saturated rings. The summed E-state index contributed by atoms with van der Waals surface area (Å²) in [6.07, 6.45) is 0. The van der Waals surface area contributed by atoms with Gasteiger partial charge in [0.1, 0.15) is 0 Å². The van der Waals surface area contributed by atoms with Crippen LogP contribution in [0.5, 0.6) is 0 Å². The van der Waals surface area contributed by atoms with Gasteiger partial charge in [0.05, 0.1) is 0 Å². The molecule has 0 aliphatic rings. The molecule has 0 bridgehead atoms. The molecule has 0 aliphatic carbocycles. The summed E-state index contributed by atoms with van der Waals surface area (Å²) in [5.41, 5.74) is 4.31. The van der Waals surface area contributed by atoms with E-state index in [-0.39, 0.29) is 0 Å². The van der Waals surface area contributed by atoms with Crippen molar-refractivity contribution in [2.45, 2.75) is 0 Å². The number of hydrogen-bond donors (Lipinski definition) is 0. The Labute approximate surface area is 333 Å². The van der Waals surface area contributed by atoms with Crippen LogP contribution < -0.4 is 31.8 Å². The molecule has 8 aromatic carbocycles. The number of pyridine rings is 1. The van der Waals surface area contributed by atoms with Crippen molar-refractivity contribution >= 4 is 109 Å². The molecular formula is C49H34N2P2SSe. The van der Waals surface area contributed by atoms with Crippen LogP contribution in [0.1, 0.15) is 0 Å². The Morgan fingerprint density at radius 3 is 1.49 bits per heavy atom. The van der Waals surface area contributed by atoms with Gasteiger partial charge in [-0.15, -0.1) is 0 Å². The molecule has 2 heterocycles. The van der Waals surface area contributed by atoms with Crippen molar-refractivity contribution in [2.75, 3.05) is 0 Å². The molecule has 0 radical (unpaired) electrons. The molecule has 2 nitrogen and oxygen atoms in total. The average Bonchev–Trinajstić information content (AvgIpc) is 3.66. The second kappa shape index (κ2) is 13.8. The average molecular weight is 824 g/mol. The van der Waals surface area contributed by atoms with Gasteiger partial charge in [0, 0.05) is 0 Å². The van der Waals surface area contributed by atoms with E-state index in [1.807, 2.05) is 0 Å². The van der Waals surface area contributed by atoms with Crippen molar-refractivity contribution in [3.05, 3.63) is 206 Å². The minimum absolute atomic E-state index is 0.946. The van der Waals surface area contributed by atoms with E-state index < -0.39 is 11.5 Å². The first kappa shape index (κ1) is 34.3. The predicted octanol–water partition coefficient (Wildman–Crippen LogP) is 9.59. The van der Waals surface area contributed by atoms with Crippen LogP contribution in [0.3, 0.4) is 0 Å². The van der Waals surface area contributed by atoms with E-state index >= 15 is 0 Å². The number of hydrogen-bond acceptors (Lipinski definition) is 2. The van der Waals surface area contributed by atoms with Crippen LogP contribution in [0.2, 0.25) is 0 Å². The molecule has 0 spiro atoms. The number of nitrogens with zero attached hydrogens (tertiary/aromatic N) is 2. The Balaban J connectivity index is 1.31. The first-order chi connectivity index (χ1) is 27.0. The second-order valence-electron chi connectivity index (χ2n) is 13.8. The van der Waals surface area contributed by atoms with Gasteiger partial charge >= 0.3 is 293 Å². The molecule has 0 N–H and O–H groups in total. The summed E-state index contributed by atoms with van der Waals surface area (Å²) in [6, 6.07) is 72.1. The van der Waals surface area contributed by atoms with Crippen LogP contribution in [-0.2, 0) is 11.8 Å². The van der Waals surface area contributed by atoms with E-state index in [2.05, 4.69) is 226 Å². The van der Waals surface area contributed by atoms with Crippen LogP contribution in [0.4, 0.5) is 0 Å². The van der Waals surface area contributed by atoms with Crippen LogP contribution in [-0.4, -0.2) is 24.5 Å². The Kier molecular flexibility index (Phi) is 8.64. The Morgan fingerprint density at radius 2 is 0.909 bits per heavy atom. The minimum atomic E-state index is -2.42. The topological polar surface area (TPSA) is 17.3 Å². The second-order valence-corrected chi connectivity index (χ2v) is 24.5. The number of rotatable bonds is 7. The van der Waals surface area contributed by atoms with E-state index in [9.17, 15) is 0 Å². The van der Waals surface area contributed by atoms with Gasteiger partial charge < -0.3 is 0 Å². The van der Waals surface area contributed by atoms with Gasteiger partial charge in [-0.1, -0.05) is 42.5 Å². The molecule has 0 atom stereocenters. The summed E-state index contributed by atoms with van der Waals surface area (Å²) >= 11 is 10.7. The van der Waals surface area contributed by atoms with Gasteiger partial charge in [-0.3, -0.25) is 0 Å². The van der Waals surface area contributed by atoms with E-state index in [4.69, 9.17) is 16.8 Å². The quantitative estimate of drug-likeness (QED) is 0.0906. The van der Waals surface area contributed by atoms with Crippen molar-refractivity contribution in [1.82, 2.24) is 9.38 Å². The summed E-state index contributed by atoms with van der Waals surface area (Å²) in [5.74, 6) is 0. The zero-order chi connectivity index (χ0) is 37.0. The van der Waals surface area contributed by atoms with Crippen LogP contribution in [0.25, 0.3) is 49.5 Å². The fraction of sp³-hybridized carbons (Fsp3) is 0. The summed E-state index contributed by atoms with van der Waals surface area (Å²) in [6.45, 7) is 0. The fourth-order valence-corrected chi connectivity index (χ4v) is 16.7. The molecule has 0 saturated carbocycles. The third-order valence-electron chi connectivity index (χ3n) is 10.7. The normalized spacial score (nSPS) is 12.1. The Hall–Kier alpha value is -5.17. The molecule has 10 aromatic rings. The molecule has 2 aromatic heterocycles. The van der Waals surface area contributed by atoms with Crippen molar-refractivity contribution in [1.29, 1.82) is 0 Å². The van der Waals surface area contributed by atoms with Crippen LogP contribution >= 0.6 is 11.5 Å². The predicted molar refractivity (Wildman–Crippen MR) is 244 cm³/mol. The van der Waals surface area contributed by atoms with E-state index in [1.165, 1.54) is 42.9 Å². The first-order valence-electron chi connectivity index (χ1n) is 18.3. The maximum absolute atomic E-state index is 6.88. The van der Waals surface area contributed by atoms with Gasteiger partial charge in [0.25, 0.3) is 0 Å². The van der Waals surface area contributed by atoms with Crippen LogP contribution in [0, 0.1) is 0 Å². The van der Waals surface area contributed by atoms with Gasteiger partial charge in [0.2, 0.25) is 0 Å². The SMILES string of the molecule is S=P(c1ccccc1)(c1ccccc1)c1ccc2c3ccc(P(=[Se])(c4ccccc4)c4ccccc4)cc3c3nc4ccc(-c5ccccc5)cc4n3c2c1. The zero-order valence-electron chi connectivity index (χ0n) is 29.7. The van der Waals surface area contributed by atoms with Gasteiger partial charge in [-0.25, -0.2) is 0 Å². The first-order valence-corrected chi connectivity index (χ1v) is 25.1. The van der Waals surface area contributed by atoms with Gasteiger partial charge in [0.15, 0.2) is 0 Å². The maximum atomic E-state index is 6.88. The van der Waals surface area contributed by atoms with Crippen molar-refractivity contribution in [2.24, 2.45) is 0 Å². The molecule has 10 rings (SSSR count). The van der Waals surface area contributed by atoms with Crippen molar-refractivity contribution in [3.63, 3.8) is 0 Å². The molecule has 0 aliphatic heterocycles. The molecule has 55 heavy (non-hydrogen) atoms. The van der Waals surface area contributed by atoms with Gasteiger partial charge in [-0.2, -0.15) is 0 Å². The number of benzene rings is 8. The Morgan fingerprint density at radius 1 is 0.400 bits per heavy atom. The van der Waals surface area contributed by atoms with E-state index in [0.29, 0.717) is 0 Å². The standard InChI is InChI=1S/C49H34N2P2SSe/c54-52(37-18-8-2-9-19-37,38-20-10-3-11-21-38)41-27-30-44-43-29-28-42(53(55,39-22-12-4-13-23-39)40-24-14-5-15-25-40)33-45(43)49-50-46-31-26-36(35-16-6-1-7-17-35)32-48(46)51(49)47(44)34-41/h1-34H. The van der Waals surface area contributed by atoms with Gasteiger partial charge in [-0.05, 0) is 0 Å². The Bertz CT molecular complexity index is 3050. The molecule has 0 unspecified atom stereocenters. The number of aromatic nitrogens is 2. The summed E-state index contributed by atoms with van der Waals surface area (Å²) in [7, 11) is 0. The third-order valence-corrected chi connectivity index (χ3v) is 22.7. The molecular weight excluding hydrogens is 790 g/mol. The fourth-order valence-electron chi connectivity index (χ4n) is 8.03. The molecule has 0 saturated heterocycles. The summed E-state index contributed by atoms with van der Waals surface area (Å²) in [4.78, 5) is 5.45. The third kappa shape index (κ3) is 5.64. The van der Waals surface area contributed by atoms with E-state index in [0.717, 1.165) is 38.5 Å². The molecule has 262 valence electrons.